The second-order valence-electron chi connectivity index (χ2n) is 4.76. The molecular formula is C15H18N3O3S+. The predicted octanol–water partition coefficient (Wildman–Crippen LogP) is 2.54. The molecule has 0 bridgehead atoms. The predicted molar refractivity (Wildman–Crippen MR) is 82.3 cm³/mol. The maximum Gasteiger partial charge on any atom is 0.265 e. The van der Waals surface area contributed by atoms with E-state index in [0.29, 0.717) is 19.5 Å². The first-order chi connectivity index (χ1) is 10.5. The molecule has 22 heavy (non-hydrogen) atoms. The monoisotopic (exact) mass is 320 g/mol. The van der Waals surface area contributed by atoms with Gasteiger partial charge in [0, 0.05) is 18.6 Å². The van der Waals surface area contributed by atoms with Gasteiger partial charge in [0.25, 0.3) is 10.1 Å². The van der Waals surface area contributed by atoms with Gasteiger partial charge >= 0.3 is 0 Å². The van der Waals surface area contributed by atoms with Crippen molar-refractivity contribution in [2.24, 2.45) is 10.2 Å². The van der Waals surface area contributed by atoms with Gasteiger partial charge in [-0.05, 0) is 12.1 Å². The SMILES string of the molecule is O=S(=O)(O)CCC[n+]1ccccc1CN=Nc1ccccc1. The number of aryl methyl sites for hydroxylation is 1. The van der Waals surface area contributed by atoms with Gasteiger partial charge in [-0.1, -0.05) is 24.3 Å². The van der Waals surface area contributed by atoms with Crippen LogP contribution in [0.25, 0.3) is 0 Å². The number of rotatable bonds is 7. The van der Waals surface area contributed by atoms with Crippen molar-refractivity contribution >= 4 is 15.8 Å². The lowest BCUT2D eigenvalue weighted by atomic mass is 10.3. The van der Waals surface area contributed by atoms with Crippen LogP contribution in [-0.2, 0) is 23.2 Å². The van der Waals surface area contributed by atoms with E-state index >= 15 is 0 Å². The van der Waals surface area contributed by atoms with Crippen LogP contribution >= 0.6 is 0 Å². The van der Waals surface area contributed by atoms with Gasteiger partial charge in [-0.2, -0.15) is 18.6 Å². The van der Waals surface area contributed by atoms with Crippen LogP contribution in [0.1, 0.15) is 12.1 Å². The van der Waals surface area contributed by atoms with Crippen LogP contribution in [0.4, 0.5) is 5.69 Å². The number of aromatic nitrogens is 1. The van der Waals surface area contributed by atoms with Crippen LogP contribution in [0.15, 0.2) is 65.0 Å². The third kappa shape index (κ3) is 5.71. The highest BCUT2D eigenvalue weighted by Gasteiger charge is 2.11. The number of nitrogens with zero attached hydrogens (tertiary/aromatic N) is 3. The normalized spacial score (nSPS) is 11.9. The molecule has 0 radical (unpaired) electrons. The van der Waals surface area contributed by atoms with Crippen LogP contribution < -0.4 is 4.57 Å². The van der Waals surface area contributed by atoms with E-state index in [4.69, 9.17) is 4.55 Å². The van der Waals surface area contributed by atoms with Gasteiger partial charge in [0.2, 0.25) is 5.69 Å². The van der Waals surface area contributed by atoms with Gasteiger partial charge in [-0.3, -0.25) is 4.55 Å². The van der Waals surface area contributed by atoms with Gasteiger partial charge in [0.05, 0.1) is 11.4 Å². The summed E-state index contributed by atoms with van der Waals surface area (Å²) >= 11 is 0. The molecule has 6 nitrogen and oxygen atoms in total. The largest absolute Gasteiger partial charge is 0.286 e. The Morgan fingerprint density at radius 3 is 2.50 bits per heavy atom. The van der Waals surface area contributed by atoms with E-state index in [9.17, 15) is 8.42 Å². The molecule has 1 N–H and O–H groups in total. The molecule has 1 heterocycles. The average molecular weight is 320 g/mol. The van der Waals surface area contributed by atoms with Gasteiger partial charge in [-0.25, -0.2) is 4.57 Å². The number of azo groups is 1. The lowest BCUT2D eigenvalue weighted by Crippen LogP contribution is -2.38. The van der Waals surface area contributed by atoms with Crippen molar-refractivity contribution in [3.63, 3.8) is 0 Å². The van der Waals surface area contributed by atoms with Crippen molar-refractivity contribution in [1.29, 1.82) is 0 Å². The van der Waals surface area contributed by atoms with E-state index in [2.05, 4.69) is 10.2 Å². The van der Waals surface area contributed by atoms with Crippen molar-refractivity contribution < 1.29 is 17.5 Å². The van der Waals surface area contributed by atoms with Crippen LogP contribution in [0.2, 0.25) is 0 Å². The van der Waals surface area contributed by atoms with Gasteiger partial charge in [0.1, 0.15) is 13.1 Å². The number of hydrogen-bond acceptors (Lipinski definition) is 4. The van der Waals surface area contributed by atoms with E-state index in [-0.39, 0.29) is 5.75 Å². The molecule has 0 unspecified atom stereocenters. The maximum absolute atomic E-state index is 10.7. The molecule has 0 aliphatic carbocycles. The Kier molecular flexibility index (Phi) is 5.74. The molecule has 0 aliphatic heterocycles. The Morgan fingerprint density at radius 1 is 1.05 bits per heavy atom. The number of pyridine rings is 1. The lowest BCUT2D eigenvalue weighted by molar-refractivity contribution is -0.704. The summed E-state index contributed by atoms with van der Waals surface area (Å²) < 4.78 is 32.2. The quantitative estimate of drug-likeness (QED) is 0.483. The molecule has 2 rings (SSSR count). The Bertz CT molecular complexity index is 731. The molecule has 116 valence electrons. The highest BCUT2D eigenvalue weighted by atomic mass is 32.2. The Labute approximate surface area is 129 Å². The summed E-state index contributed by atoms with van der Waals surface area (Å²) in [5, 5.41) is 8.30. The molecule has 0 saturated heterocycles. The summed E-state index contributed by atoms with van der Waals surface area (Å²) in [7, 11) is -3.92. The highest BCUT2D eigenvalue weighted by Crippen LogP contribution is 2.10. The fraction of sp³-hybridized carbons (Fsp3) is 0.267. The van der Waals surface area contributed by atoms with Gasteiger partial charge in [0.15, 0.2) is 6.20 Å². The molecule has 0 atom stereocenters. The zero-order valence-corrected chi connectivity index (χ0v) is 12.9. The summed E-state index contributed by atoms with van der Waals surface area (Å²) in [6, 6.07) is 15.1. The molecule has 0 spiro atoms. The van der Waals surface area contributed by atoms with Crippen molar-refractivity contribution in [3.05, 3.63) is 60.4 Å². The minimum atomic E-state index is -3.92. The second kappa shape index (κ2) is 7.77. The third-order valence-electron chi connectivity index (χ3n) is 3.01. The molecule has 2 aromatic rings. The Hall–Kier alpha value is -2.12. The second-order valence-corrected chi connectivity index (χ2v) is 6.33. The summed E-state index contributed by atoms with van der Waals surface area (Å²) in [6.45, 7) is 0.901. The zero-order valence-electron chi connectivity index (χ0n) is 12.0. The minimum Gasteiger partial charge on any atom is -0.286 e. The lowest BCUT2D eigenvalue weighted by Gasteiger charge is -2.01. The van der Waals surface area contributed by atoms with E-state index in [1.165, 1.54) is 0 Å². The first-order valence-corrected chi connectivity index (χ1v) is 8.50. The first kappa shape index (κ1) is 16.3. The zero-order chi connectivity index (χ0) is 15.8. The topological polar surface area (TPSA) is 83.0 Å². The maximum atomic E-state index is 10.7. The molecule has 1 aromatic heterocycles. The smallest absolute Gasteiger partial charge is 0.265 e. The van der Waals surface area contributed by atoms with E-state index < -0.39 is 10.1 Å². The number of benzene rings is 1. The van der Waals surface area contributed by atoms with Gasteiger partial charge in [-0.15, -0.1) is 0 Å². The Morgan fingerprint density at radius 2 is 1.77 bits per heavy atom. The summed E-state index contributed by atoms with van der Waals surface area (Å²) in [5.74, 6) is -0.250. The average Bonchev–Trinajstić information content (AvgIpc) is 2.49. The standard InChI is InChI=1S/C15H17N3O3S/c19-22(20,21)12-6-11-18-10-5-4-9-15(18)13-16-17-14-7-2-1-3-8-14/h1-5,7-10H,6,11-13H2/p+1. The molecule has 0 fully saturated rings. The van der Waals surface area contributed by atoms with Crippen LogP contribution in [0.5, 0.6) is 0 Å². The van der Waals surface area contributed by atoms with E-state index in [1.54, 1.807) is 0 Å². The fourth-order valence-electron chi connectivity index (χ4n) is 1.97. The molecule has 7 heteroatoms. The Balaban J connectivity index is 1.97. The summed E-state index contributed by atoms with van der Waals surface area (Å²) in [5.41, 5.74) is 1.72. The van der Waals surface area contributed by atoms with Crippen LogP contribution in [-0.4, -0.2) is 18.7 Å². The summed E-state index contributed by atoms with van der Waals surface area (Å²) in [6.07, 6.45) is 2.20. The first-order valence-electron chi connectivity index (χ1n) is 6.90. The molecule has 1 aromatic carbocycles. The van der Waals surface area contributed by atoms with E-state index in [0.717, 1.165) is 11.4 Å². The molecule has 0 saturated carbocycles. The number of hydrogen-bond donors (Lipinski definition) is 1. The van der Waals surface area contributed by atoms with Crippen molar-refractivity contribution in [3.8, 4) is 0 Å². The van der Waals surface area contributed by atoms with Crippen molar-refractivity contribution in [1.82, 2.24) is 0 Å². The van der Waals surface area contributed by atoms with Crippen LogP contribution in [0, 0.1) is 0 Å². The summed E-state index contributed by atoms with van der Waals surface area (Å²) in [4.78, 5) is 0. The molecular weight excluding hydrogens is 302 g/mol. The third-order valence-corrected chi connectivity index (χ3v) is 3.82. The van der Waals surface area contributed by atoms with Crippen molar-refractivity contribution in [2.75, 3.05) is 5.75 Å². The van der Waals surface area contributed by atoms with Crippen molar-refractivity contribution in [2.45, 2.75) is 19.5 Å². The molecule has 0 amide bonds. The minimum absolute atomic E-state index is 0.250. The van der Waals surface area contributed by atoms with Crippen LogP contribution in [0.3, 0.4) is 0 Å². The highest BCUT2D eigenvalue weighted by molar-refractivity contribution is 7.85. The molecule has 0 aliphatic rings. The van der Waals surface area contributed by atoms with E-state index in [1.807, 2.05) is 59.3 Å². The fourth-order valence-corrected chi connectivity index (χ4v) is 2.47. The van der Waals surface area contributed by atoms with Gasteiger partial charge < -0.3 is 0 Å².